The van der Waals surface area contributed by atoms with Crippen molar-refractivity contribution in [2.45, 2.75) is 38.3 Å². The van der Waals surface area contributed by atoms with Gasteiger partial charge in [0.1, 0.15) is 11.4 Å². The number of halogens is 1. The van der Waals surface area contributed by atoms with Crippen LogP contribution in [0, 0.1) is 11.7 Å². The van der Waals surface area contributed by atoms with Crippen molar-refractivity contribution in [3.05, 3.63) is 30.1 Å². The van der Waals surface area contributed by atoms with E-state index in [0.717, 1.165) is 0 Å². The smallest absolute Gasteiger partial charge is 0.329 e. The number of carboxylic acid groups (broad SMARTS) is 1. The maximum Gasteiger partial charge on any atom is 0.329 e. The number of carbonyl (C=O) groups is 1. The molecule has 0 radical (unpaired) electrons. The maximum absolute atomic E-state index is 13.7. The van der Waals surface area contributed by atoms with Gasteiger partial charge in [-0.15, -0.1) is 0 Å². The van der Waals surface area contributed by atoms with Crippen LogP contribution < -0.4 is 5.32 Å². The van der Waals surface area contributed by atoms with E-state index < -0.39 is 17.3 Å². The van der Waals surface area contributed by atoms with Crippen molar-refractivity contribution in [3.63, 3.8) is 0 Å². The van der Waals surface area contributed by atoms with Gasteiger partial charge in [-0.3, -0.25) is 0 Å². The molecule has 1 heterocycles. The van der Waals surface area contributed by atoms with Crippen LogP contribution in [-0.4, -0.2) is 29.3 Å². The average Bonchev–Trinajstić information content (AvgIpc) is 2.41. The van der Waals surface area contributed by atoms with Gasteiger partial charge < -0.3 is 15.2 Å². The highest BCUT2D eigenvalue weighted by atomic mass is 19.1. The van der Waals surface area contributed by atoms with Crippen molar-refractivity contribution in [1.29, 1.82) is 0 Å². The van der Waals surface area contributed by atoms with Gasteiger partial charge in [0.15, 0.2) is 0 Å². The largest absolute Gasteiger partial charge is 0.480 e. The zero-order valence-corrected chi connectivity index (χ0v) is 11.7. The Morgan fingerprint density at radius 2 is 2.20 bits per heavy atom. The van der Waals surface area contributed by atoms with E-state index in [4.69, 9.17) is 4.74 Å². The van der Waals surface area contributed by atoms with E-state index in [9.17, 15) is 14.3 Å². The van der Waals surface area contributed by atoms with Gasteiger partial charge >= 0.3 is 5.97 Å². The molecule has 0 saturated carbocycles. The summed E-state index contributed by atoms with van der Waals surface area (Å²) in [5.41, 5.74) is -0.950. The van der Waals surface area contributed by atoms with Crippen molar-refractivity contribution < 1.29 is 19.0 Å². The van der Waals surface area contributed by atoms with Crippen LogP contribution in [0.3, 0.4) is 0 Å². The highest BCUT2D eigenvalue weighted by Crippen LogP contribution is 2.33. The van der Waals surface area contributed by atoms with Crippen LogP contribution in [0.25, 0.3) is 0 Å². The van der Waals surface area contributed by atoms with E-state index in [0.29, 0.717) is 19.4 Å². The average molecular weight is 281 g/mol. The van der Waals surface area contributed by atoms with Crippen LogP contribution in [0.15, 0.2) is 24.3 Å². The first-order chi connectivity index (χ1) is 9.44. The molecule has 0 aromatic heterocycles. The number of rotatable bonds is 4. The molecule has 1 fully saturated rings. The van der Waals surface area contributed by atoms with Gasteiger partial charge in [-0.2, -0.15) is 0 Å². The Hall–Kier alpha value is -1.62. The zero-order valence-electron chi connectivity index (χ0n) is 11.7. The molecular formula is C15H20FNO3. The van der Waals surface area contributed by atoms with Gasteiger partial charge in [0.25, 0.3) is 0 Å². The Morgan fingerprint density at radius 1 is 1.50 bits per heavy atom. The van der Waals surface area contributed by atoms with Crippen molar-refractivity contribution in [2.75, 3.05) is 11.9 Å². The third kappa shape index (κ3) is 2.93. The molecule has 2 atom stereocenters. The number of hydrogen-bond acceptors (Lipinski definition) is 3. The molecule has 1 saturated heterocycles. The van der Waals surface area contributed by atoms with Gasteiger partial charge in [0.2, 0.25) is 0 Å². The number of hydrogen-bond donors (Lipinski definition) is 2. The molecule has 1 aliphatic heterocycles. The number of anilines is 1. The van der Waals surface area contributed by atoms with E-state index in [-0.39, 0.29) is 17.7 Å². The van der Waals surface area contributed by atoms with Gasteiger partial charge in [0, 0.05) is 19.4 Å². The normalized spacial score (nSPS) is 26.5. The molecule has 20 heavy (non-hydrogen) atoms. The monoisotopic (exact) mass is 281 g/mol. The van der Waals surface area contributed by atoms with E-state index in [1.165, 1.54) is 6.07 Å². The van der Waals surface area contributed by atoms with E-state index in [1.54, 1.807) is 18.2 Å². The van der Waals surface area contributed by atoms with Crippen molar-refractivity contribution in [2.24, 2.45) is 5.92 Å². The first-order valence-corrected chi connectivity index (χ1v) is 6.82. The number of carboxylic acids is 1. The molecule has 5 heteroatoms. The van der Waals surface area contributed by atoms with Crippen LogP contribution in [0.2, 0.25) is 0 Å². The summed E-state index contributed by atoms with van der Waals surface area (Å²) in [5, 5.41) is 12.5. The van der Waals surface area contributed by atoms with Gasteiger partial charge in [-0.05, 0) is 18.1 Å². The molecule has 0 amide bonds. The fourth-order valence-corrected chi connectivity index (χ4v) is 2.50. The SMILES string of the molecule is CC(C)C1CC(Nc2ccccc2F)(C(=O)O)CCO1. The predicted molar refractivity (Wildman–Crippen MR) is 74.2 cm³/mol. The van der Waals surface area contributed by atoms with Crippen LogP contribution in [0.1, 0.15) is 26.7 Å². The maximum atomic E-state index is 13.7. The van der Waals surface area contributed by atoms with Crippen LogP contribution >= 0.6 is 0 Å². The molecule has 0 aliphatic carbocycles. The fourth-order valence-electron chi connectivity index (χ4n) is 2.50. The lowest BCUT2D eigenvalue weighted by Gasteiger charge is -2.40. The second kappa shape index (κ2) is 5.79. The highest BCUT2D eigenvalue weighted by molar-refractivity contribution is 5.83. The molecule has 0 bridgehead atoms. The molecule has 1 aliphatic rings. The number of aliphatic carboxylic acids is 1. The summed E-state index contributed by atoms with van der Waals surface area (Å²) in [6.07, 6.45) is 0.507. The Balaban J connectivity index is 2.26. The zero-order chi connectivity index (χ0) is 14.8. The third-order valence-corrected chi connectivity index (χ3v) is 3.81. The first kappa shape index (κ1) is 14.8. The summed E-state index contributed by atoms with van der Waals surface area (Å²) in [4.78, 5) is 11.7. The van der Waals surface area contributed by atoms with Gasteiger partial charge in [-0.1, -0.05) is 26.0 Å². The van der Waals surface area contributed by atoms with Crippen molar-refractivity contribution in [3.8, 4) is 0 Å². The minimum absolute atomic E-state index is 0.140. The number of para-hydroxylation sites is 1. The van der Waals surface area contributed by atoms with Crippen molar-refractivity contribution >= 4 is 11.7 Å². The quantitative estimate of drug-likeness (QED) is 0.891. The Bertz CT molecular complexity index is 492. The van der Waals surface area contributed by atoms with E-state index in [2.05, 4.69) is 5.32 Å². The summed E-state index contributed by atoms with van der Waals surface area (Å²) in [6.45, 7) is 4.34. The summed E-state index contributed by atoms with van der Waals surface area (Å²) in [6, 6.07) is 6.13. The number of nitrogens with one attached hydrogen (secondary N) is 1. The lowest BCUT2D eigenvalue weighted by atomic mass is 9.83. The second-order valence-corrected chi connectivity index (χ2v) is 5.60. The molecular weight excluding hydrogens is 261 g/mol. The molecule has 110 valence electrons. The lowest BCUT2D eigenvalue weighted by Crippen LogP contribution is -2.54. The summed E-state index contributed by atoms with van der Waals surface area (Å²) >= 11 is 0. The molecule has 1 aromatic carbocycles. The minimum Gasteiger partial charge on any atom is -0.480 e. The molecule has 2 rings (SSSR count). The Kier molecular flexibility index (Phi) is 4.28. The number of ether oxygens (including phenoxy) is 1. The second-order valence-electron chi connectivity index (χ2n) is 5.60. The Labute approximate surface area is 117 Å². The molecule has 0 spiro atoms. The lowest BCUT2D eigenvalue weighted by molar-refractivity contribution is -0.149. The molecule has 2 N–H and O–H groups in total. The standard InChI is InChI=1S/C15H20FNO3/c1-10(2)13-9-15(14(18)19,7-8-20-13)17-12-6-4-3-5-11(12)16/h3-6,10,13,17H,7-9H2,1-2H3,(H,18,19). The Morgan fingerprint density at radius 3 is 2.80 bits per heavy atom. The molecule has 2 unspecified atom stereocenters. The summed E-state index contributed by atoms with van der Waals surface area (Å²) in [5.74, 6) is -1.19. The first-order valence-electron chi connectivity index (χ1n) is 6.82. The van der Waals surface area contributed by atoms with Gasteiger partial charge in [0.05, 0.1) is 11.8 Å². The number of benzene rings is 1. The van der Waals surface area contributed by atoms with Crippen LogP contribution in [-0.2, 0) is 9.53 Å². The van der Waals surface area contributed by atoms with Crippen LogP contribution in [0.4, 0.5) is 10.1 Å². The van der Waals surface area contributed by atoms with Gasteiger partial charge in [-0.25, -0.2) is 9.18 Å². The molecule has 4 nitrogen and oxygen atoms in total. The molecule has 1 aromatic rings. The van der Waals surface area contributed by atoms with Crippen LogP contribution in [0.5, 0.6) is 0 Å². The predicted octanol–water partition coefficient (Wildman–Crippen LogP) is 2.90. The summed E-state index contributed by atoms with van der Waals surface area (Å²) < 4.78 is 19.4. The summed E-state index contributed by atoms with van der Waals surface area (Å²) in [7, 11) is 0. The highest BCUT2D eigenvalue weighted by Gasteiger charge is 2.44. The fraction of sp³-hybridized carbons (Fsp3) is 0.533. The minimum atomic E-state index is -1.17. The van der Waals surface area contributed by atoms with Crippen molar-refractivity contribution in [1.82, 2.24) is 0 Å². The topological polar surface area (TPSA) is 58.6 Å². The van der Waals surface area contributed by atoms with E-state index in [1.807, 2.05) is 13.8 Å². The third-order valence-electron chi connectivity index (χ3n) is 3.81. The van der Waals surface area contributed by atoms with E-state index >= 15 is 0 Å².